The van der Waals surface area contributed by atoms with E-state index >= 15 is 0 Å². The summed E-state index contributed by atoms with van der Waals surface area (Å²) in [6.07, 6.45) is -1.15. The zero-order valence-corrected chi connectivity index (χ0v) is 9.61. The monoisotopic (exact) mass is 280 g/mol. The molecule has 10 heteroatoms. The van der Waals surface area contributed by atoms with Crippen molar-refractivity contribution in [3.05, 3.63) is 24.5 Å². The summed E-state index contributed by atoms with van der Waals surface area (Å²) in [5, 5.41) is 34.1. The van der Waals surface area contributed by atoms with Gasteiger partial charge in [-0.3, -0.25) is 0 Å². The van der Waals surface area contributed by atoms with Crippen LogP contribution in [-0.4, -0.2) is 50.4 Å². The third-order valence-electron chi connectivity index (χ3n) is 1.52. The fourth-order valence-electron chi connectivity index (χ4n) is 0.671. The molecule has 10 N–H and O–H groups in total. The molecule has 0 radical (unpaired) electrons. The third kappa shape index (κ3) is 9.43. The van der Waals surface area contributed by atoms with Crippen LogP contribution in [0.5, 0.6) is 0 Å². The van der Waals surface area contributed by atoms with Crippen molar-refractivity contribution in [3.8, 4) is 0 Å². The Labute approximate surface area is 107 Å². The minimum Gasteiger partial charge on any atom is -0.547 e. The van der Waals surface area contributed by atoms with Crippen molar-refractivity contribution in [2.24, 2.45) is 0 Å². The Kier molecular flexibility index (Phi) is 12.5. The number of carbonyl (C=O) groups is 2. The van der Waals surface area contributed by atoms with Crippen LogP contribution in [0, 0.1) is 0 Å². The van der Waals surface area contributed by atoms with E-state index in [-0.39, 0.29) is 11.0 Å². The fraction of sp³-hybridized carbons (Fsp3) is 0.222. The quantitative estimate of drug-likeness (QED) is 0.421. The van der Waals surface area contributed by atoms with Gasteiger partial charge < -0.3 is 41.9 Å². The van der Waals surface area contributed by atoms with Gasteiger partial charge in [0, 0.05) is 6.07 Å². The second-order valence-electron chi connectivity index (χ2n) is 2.88. The van der Waals surface area contributed by atoms with Crippen LogP contribution in [0.3, 0.4) is 0 Å². The fourth-order valence-corrected chi connectivity index (χ4v) is 0.671. The van der Waals surface area contributed by atoms with Crippen LogP contribution in [0.15, 0.2) is 24.5 Å². The van der Waals surface area contributed by atoms with Gasteiger partial charge in [-0.1, -0.05) is 0 Å². The summed E-state index contributed by atoms with van der Waals surface area (Å²) in [7, 11) is 0. The molecule has 0 saturated heterocycles. The number of carbonyl (C=O) groups excluding carboxylic acids is 1. The number of nitrogens with two attached hydrogens (primary N) is 1. The molecule has 0 aliphatic carbocycles. The van der Waals surface area contributed by atoms with Gasteiger partial charge in [0.05, 0.1) is 11.7 Å². The number of hydrogen-bond donors (Lipinski definition) is 4. The summed E-state index contributed by atoms with van der Waals surface area (Å²) < 4.78 is 0. The van der Waals surface area contributed by atoms with Gasteiger partial charge in [0.15, 0.2) is 18.5 Å². The molecule has 1 rings (SSSR count). The summed E-state index contributed by atoms with van der Waals surface area (Å²) in [6, 6.07) is 3.69. The summed E-state index contributed by atoms with van der Waals surface area (Å²) in [6.45, 7) is 0. The Morgan fingerprint density at radius 1 is 1.26 bits per heavy atom. The molecule has 10 nitrogen and oxygen atoms in total. The molecule has 0 saturated carbocycles. The molecule has 0 spiro atoms. The Balaban J connectivity index is -0.000000253. The summed E-state index contributed by atoms with van der Waals surface area (Å²) >= 11 is 0. The Hall–Kier alpha value is -2.27. The van der Waals surface area contributed by atoms with Gasteiger partial charge in [-0.25, -0.2) is 9.78 Å². The number of aliphatic hydroxyl groups excluding tert-OH is 2. The van der Waals surface area contributed by atoms with Gasteiger partial charge in [-0.05, 0) is 6.07 Å². The number of anilines is 1. The highest BCUT2D eigenvalue weighted by Gasteiger charge is 2.23. The van der Waals surface area contributed by atoms with Crippen LogP contribution >= 0.6 is 0 Å². The lowest BCUT2D eigenvalue weighted by Crippen LogP contribution is -2.46. The first-order valence-corrected chi connectivity index (χ1v) is 4.37. The van der Waals surface area contributed by atoms with E-state index in [0.717, 1.165) is 5.69 Å². The number of nitrogens with one attached hydrogen (secondary N) is 1. The number of H-pyrrole nitrogens is 1. The lowest BCUT2D eigenvalue weighted by Gasteiger charge is -2.13. The predicted octanol–water partition coefficient (Wildman–Crippen LogP) is -5.02. The zero-order chi connectivity index (χ0) is 13.4. The molecule has 110 valence electrons. The van der Waals surface area contributed by atoms with Crippen molar-refractivity contribution in [2.75, 3.05) is 5.73 Å². The molecule has 1 heterocycles. The highest BCUT2D eigenvalue weighted by molar-refractivity contribution is 5.81. The van der Waals surface area contributed by atoms with Crippen LogP contribution in [-0.2, 0) is 9.59 Å². The highest BCUT2D eigenvalue weighted by Crippen LogP contribution is 1.91. The zero-order valence-electron chi connectivity index (χ0n) is 9.61. The van der Waals surface area contributed by atoms with E-state index in [1.165, 1.54) is 0 Å². The number of nitrogen functional groups attached to an aromatic ring is 1. The van der Waals surface area contributed by atoms with Gasteiger partial charge in [-0.15, -0.1) is 0 Å². The molecule has 0 aromatic carbocycles. The van der Waals surface area contributed by atoms with E-state index < -0.39 is 24.1 Å². The molecule has 19 heavy (non-hydrogen) atoms. The van der Waals surface area contributed by atoms with Gasteiger partial charge in [0.25, 0.3) is 0 Å². The highest BCUT2D eigenvalue weighted by atomic mass is 16.4. The van der Waals surface area contributed by atoms with Crippen molar-refractivity contribution in [2.45, 2.75) is 12.2 Å². The lowest BCUT2D eigenvalue weighted by atomic mass is 10.2. The molecular formula is C9H16N2O8. The van der Waals surface area contributed by atoms with Gasteiger partial charge >= 0.3 is 5.97 Å². The predicted molar refractivity (Wildman–Crippen MR) is 59.3 cm³/mol. The molecule has 0 unspecified atom stereocenters. The van der Waals surface area contributed by atoms with Crippen LogP contribution < -0.4 is 15.8 Å². The van der Waals surface area contributed by atoms with Crippen molar-refractivity contribution >= 4 is 17.6 Å². The number of aromatic nitrogens is 1. The maximum absolute atomic E-state index is 9.74. The van der Waals surface area contributed by atoms with E-state index in [0.29, 0.717) is 0 Å². The summed E-state index contributed by atoms with van der Waals surface area (Å²) in [5.41, 5.74) is 6.09. The number of rotatable bonds is 3. The molecule has 0 aliphatic heterocycles. The van der Waals surface area contributed by atoms with Crippen LogP contribution in [0.2, 0.25) is 0 Å². The smallest absolute Gasteiger partial charge is 0.335 e. The molecule has 0 fully saturated rings. The summed E-state index contributed by atoms with van der Waals surface area (Å²) in [5.74, 6) is -3.83. The maximum Gasteiger partial charge on any atom is 0.335 e. The number of pyridine rings is 1. The van der Waals surface area contributed by atoms with Crippen LogP contribution in [0.4, 0.5) is 5.69 Å². The largest absolute Gasteiger partial charge is 0.547 e. The van der Waals surface area contributed by atoms with E-state index in [1.54, 1.807) is 6.20 Å². The van der Waals surface area contributed by atoms with Crippen molar-refractivity contribution < 1.29 is 46.0 Å². The van der Waals surface area contributed by atoms with E-state index in [9.17, 15) is 14.7 Å². The van der Waals surface area contributed by atoms with Crippen molar-refractivity contribution in [1.29, 1.82) is 0 Å². The van der Waals surface area contributed by atoms with E-state index in [4.69, 9.17) is 21.1 Å². The normalized spacial score (nSPS) is 11.5. The second kappa shape index (κ2) is 10.9. The Bertz CT molecular complexity index is 354. The maximum atomic E-state index is 9.74. The molecular weight excluding hydrogens is 264 g/mol. The number of aliphatic hydroxyl groups is 2. The second-order valence-corrected chi connectivity index (χ2v) is 2.88. The molecule has 1 aromatic heterocycles. The van der Waals surface area contributed by atoms with Crippen molar-refractivity contribution in [3.63, 3.8) is 0 Å². The minimum atomic E-state index is -2.38. The molecule has 2 atom stereocenters. The molecule has 0 aliphatic rings. The number of hydrogen-bond acceptors (Lipinski definition) is 6. The van der Waals surface area contributed by atoms with Crippen LogP contribution in [0.1, 0.15) is 0 Å². The first-order valence-electron chi connectivity index (χ1n) is 4.37. The van der Waals surface area contributed by atoms with Crippen LogP contribution in [0.25, 0.3) is 0 Å². The molecule has 0 bridgehead atoms. The number of carboxylic acids is 2. The SMILES string of the molecule is Nc1ccc[nH+]c1.O.O.O=C([O-])[C@H](O)[C@@H](O)C(=O)O. The minimum absolute atomic E-state index is 0. The average Bonchev–Trinajstić information content (AvgIpc) is 2.28. The Morgan fingerprint density at radius 3 is 1.95 bits per heavy atom. The number of aliphatic carboxylic acids is 2. The van der Waals surface area contributed by atoms with Gasteiger partial charge in [-0.2, -0.15) is 0 Å². The topological polar surface area (TPSA) is 221 Å². The van der Waals surface area contributed by atoms with Crippen molar-refractivity contribution in [1.82, 2.24) is 0 Å². The molecule has 1 aromatic rings. The number of aromatic amines is 1. The standard InChI is InChI=1S/C5H6N2.C4H6O6.2H2O/c6-5-2-1-3-7-4-5;5-1(3(7)8)2(6)4(9)10;;/h1-4H,6H2;1-2,5-6H,(H,7,8)(H,9,10);2*1H2/t;1-,2-;;/m.1../s1. The number of carboxylic acid groups (broad SMARTS) is 2. The third-order valence-corrected chi connectivity index (χ3v) is 1.52. The summed E-state index contributed by atoms with van der Waals surface area (Å²) in [4.78, 5) is 22.2. The first kappa shape index (κ1) is 22.0. The molecule has 0 amide bonds. The van der Waals surface area contributed by atoms with E-state index in [2.05, 4.69) is 4.98 Å². The average molecular weight is 280 g/mol. The van der Waals surface area contributed by atoms with E-state index in [1.807, 2.05) is 18.3 Å². The van der Waals surface area contributed by atoms with Gasteiger partial charge in [0.1, 0.15) is 6.10 Å². The lowest BCUT2D eigenvalue weighted by molar-refractivity contribution is -0.377. The first-order chi connectivity index (χ1) is 7.86. The van der Waals surface area contributed by atoms with Gasteiger partial charge in [0.2, 0.25) is 0 Å². The Morgan fingerprint density at radius 2 is 1.79 bits per heavy atom.